The molecule has 0 saturated carbocycles. The minimum absolute atomic E-state index is 0.00369. The highest BCUT2D eigenvalue weighted by atomic mass is 32.2. The number of benzene rings is 2. The van der Waals surface area contributed by atoms with Gasteiger partial charge in [-0.1, -0.05) is 29.5 Å². The lowest BCUT2D eigenvalue weighted by atomic mass is 9.97. The second-order valence-electron chi connectivity index (χ2n) is 12.5. The molecule has 6 rings (SSSR count). The molecule has 2 N–H and O–H groups in total. The van der Waals surface area contributed by atoms with E-state index < -0.39 is 28.0 Å². The molecule has 13 nitrogen and oxygen atoms in total. The van der Waals surface area contributed by atoms with Gasteiger partial charge in [0.2, 0.25) is 27.7 Å². The molecule has 4 heterocycles. The Balaban J connectivity index is 1.23. The first-order valence-electron chi connectivity index (χ1n) is 16.3. The summed E-state index contributed by atoms with van der Waals surface area (Å²) < 4.78 is 31.2. The van der Waals surface area contributed by atoms with Crippen LogP contribution in [0, 0.1) is 5.92 Å². The molecule has 4 aromatic rings. The van der Waals surface area contributed by atoms with Crippen LogP contribution in [-0.2, 0) is 44.4 Å². The Labute approximate surface area is 279 Å². The van der Waals surface area contributed by atoms with Crippen LogP contribution in [0.4, 0.5) is 0 Å². The van der Waals surface area contributed by atoms with Crippen LogP contribution in [-0.4, -0.2) is 87.6 Å². The van der Waals surface area contributed by atoms with Crippen molar-refractivity contribution in [2.75, 3.05) is 19.6 Å². The van der Waals surface area contributed by atoms with Crippen molar-refractivity contribution in [2.24, 2.45) is 13.0 Å². The van der Waals surface area contributed by atoms with Crippen LogP contribution in [0.5, 0.6) is 0 Å². The molecular weight excluding hydrogens is 632 g/mol. The minimum Gasteiger partial charge on any atom is -0.350 e. The predicted molar refractivity (Wildman–Crippen MR) is 178 cm³/mol. The molecule has 3 amide bonds. The number of aromatic nitrogens is 4. The zero-order valence-electron chi connectivity index (χ0n) is 26.9. The number of pyridine rings is 1. The SMILES string of the molecule is Cn1nnc2cc(CNC(=O)[C@@H]3C[C@@H](Cc4ccncc4)CN3C(=O)[C@@H](CCC(=O)N3CCCC3)NS(=O)(=O)c3ccccc3)ccc21. The molecule has 2 saturated heterocycles. The van der Waals surface area contributed by atoms with Gasteiger partial charge in [0.05, 0.1) is 10.4 Å². The summed E-state index contributed by atoms with van der Waals surface area (Å²) in [5, 5.41) is 11.2. The summed E-state index contributed by atoms with van der Waals surface area (Å²) in [7, 11) is -2.30. The fourth-order valence-electron chi connectivity index (χ4n) is 6.60. The molecule has 0 unspecified atom stereocenters. The maximum Gasteiger partial charge on any atom is 0.243 e. The van der Waals surface area contributed by atoms with Gasteiger partial charge >= 0.3 is 0 Å². The molecule has 3 atom stereocenters. The Kier molecular flexibility index (Phi) is 10.1. The van der Waals surface area contributed by atoms with Gasteiger partial charge in [-0.05, 0) is 85.5 Å². The van der Waals surface area contributed by atoms with E-state index in [0.29, 0.717) is 31.4 Å². The first-order chi connectivity index (χ1) is 23.2. The maximum absolute atomic E-state index is 14.4. The highest BCUT2D eigenvalue weighted by Gasteiger charge is 2.42. The number of likely N-dealkylation sites (tertiary alicyclic amines) is 2. The van der Waals surface area contributed by atoms with Crippen molar-refractivity contribution < 1.29 is 22.8 Å². The number of nitrogens with one attached hydrogen (secondary N) is 2. The van der Waals surface area contributed by atoms with E-state index in [-0.39, 0.29) is 48.6 Å². The molecule has 48 heavy (non-hydrogen) atoms. The number of rotatable bonds is 12. The zero-order valence-corrected chi connectivity index (χ0v) is 27.7. The predicted octanol–water partition coefficient (Wildman–Crippen LogP) is 2.19. The third-order valence-corrected chi connectivity index (χ3v) is 10.6. The van der Waals surface area contributed by atoms with Gasteiger partial charge in [0, 0.05) is 52.0 Å². The van der Waals surface area contributed by atoms with Gasteiger partial charge in [-0.25, -0.2) is 13.1 Å². The number of carbonyl (C=O) groups is 3. The zero-order chi connectivity index (χ0) is 33.7. The average molecular weight is 673 g/mol. The van der Waals surface area contributed by atoms with Gasteiger partial charge in [0.25, 0.3) is 0 Å². The van der Waals surface area contributed by atoms with Crippen molar-refractivity contribution in [3.05, 3.63) is 84.2 Å². The van der Waals surface area contributed by atoms with E-state index in [9.17, 15) is 22.8 Å². The number of sulfonamides is 1. The molecule has 2 aromatic heterocycles. The van der Waals surface area contributed by atoms with Gasteiger partial charge < -0.3 is 15.1 Å². The van der Waals surface area contributed by atoms with Gasteiger partial charge in [-0.3, -0.25) is 19.4 Å². The second kappa shape index (κ2) is 14.6. The van der Waals surface area contributed by atoms with Crippen molar-refractivity contribution in [3.8, 4) is 0 Å². The van der Waals surface area contributed by atoms with Gasteiger partial charge in [-0.2, -0.15) is 4.72 Å². The lowest BCUT2D eigenvalue weighted by Crippen LogP contribution is -2.53. The monoisotopic (exact) mass is 672 g/mol. The summed E-state index contributed by atoms with van der Waals surface area (Å²) in [5.41, 5.74) is 3.42. The normalized spacial score (nSPS) is 18.7. The third kappa shape index (κ3) is 7.71. The number of aryl methyl sites for hydroxylation is 1. The second-order valence-corrected chi connectivity index (χ2v) is 14.2. The molecule has 0 bridgehead atoms. The Bertz CT molecular complexity index is 1860. The molecule has 2 fully saturated rings. The number of hydrogen-bond acceptors (Lipinski definition) is 8. The first kappa shape index (κ1) is 33.2. The van der Waals surface area contributed by atoms with E-state index in [0.717, 1.165) is 29.5 Å². The summed E-state index contributed by atoms with van der Waals surface area (Å²) in [6, 6.07) is 15.2. The Morgan fingerprint density at radius 1 is 0.979 bits per heavy atom. The molecule has 2 aliphatic heterocycles. The van der Waals surface area contributed by atoms with Crippen LogP contribution in [0.2, 0.25) is 0 Å². The van der Waals surface area contributed by atoms with Gasteiger partial charge in [0.1, 0.15) is 17.6 Å². The van der Waals surface area contributed by atoms with E-state index in [1.54, 1.807) is 47.2 Å². The van der Waals surface area contributed by atoms with Crippen LogP contribution in [0.1, 0.15) is 43.2 Å². The van der Waals surface area contributed by atoms with Crippen LogP contribution in [0.15, 0.2) is 78.0 Å². The lowest BCUT2D eigenvalue weighted by molar-refractivity contribution is -0.140. The van der Waals surface area contributed by atoms with E-state index in [1.807, 2.05) is 30.3 Å². The number of carbonyl (C=O) groups excluding carboxylic acids is 3. The van der Waals surface area contributed by atoms with Gasteiger partial charge in [0.15, 0.2) is 0 Å². The lowest BCUT2D eigenvalue weighted by Gasteiger charge is -2.29. The largest absolute Gasteiger partial charge is 0.350 e. The molecule has 14 heteroatoms. The number of amides is 3. The summed E-state index contributed by atoms with van der Waals surface area (Å²) in [5.74, 6) is -1.03. The fraction of sp³-hybridized carbons (Fsp3) is 0.412. The summed E-state index contributed by atoms with van der Waals surface area (Å²) in [6.45, 7) is 1.78. The number of hydrogen-bond donors (Lipinski definition) is 2. The molecule has 0 spiro atoms. The summed E-state index contributed by atoms with van der Waals surface area (Å²) in [4.78, 5) is 48.6. The molecule has 252 valence electrons. The van der Waals surface area contributed by atoms with Gasteiger partial charge in [-0.15, -0.1) is 5.10 Å². The molecule has 0 aliphatic carbocycles. The van der Waals surface area contributed by atoms with Crippen molar-refractivity contribution >= 4 is 38.8 Å². The summed E-state index contributed by atoms with van der Waals surface area (Å²) in [6.07, 6.45) is 6.24. The third-order valence-electron chi connectivity index (χ3n) is 9.14. The van der Waals surface area contributed by atoms with Crippen molar-refractivity contribution in [1.29, 1.82) is 0 Å². The molecular formula is C34H40N8O5S. The van der Waals surface area contributed by atoms with Crippen LogP contribution < -0.4 is 10.0 Å². The van der Waals surface area contributed by atoms with E-state index in [1.165, 1.54) is 17.0 Å². The Morgan fingerprint density at radius 2 is 1.73 bits per heavy atom. The molecule has 2 aliphatic rings. The minimum atomic E-state index is -4.11. The van der Waals surface area contributed by atoms with Crippen molar-refractivity contribution in [3.63, 3.8) is 0 Å². The highest BCUT2D eigenvalue weighted by molar-refractivity contribution is 7.89. The Morgan fingerprint density at radius 3 is 2.48 bits per heavy atom. The fourth-order valence-corrected chi connectivity index (χ4v) is 7.84. The van der Waals surface area contributed by atoms with Crippen molar-refractivity contribution in [1.82, 2.24) is 39.8 Å². The smallest absolute Gasteiger partial charge is 0.243 e. The van der Waals surface area contributed by atoms with Crippen LogP contribution in [0.3, 0.4) is 0 Å². The molecule has 2 aromatic carbocycles. The van der Waals surface area contributed by atoms with Crippen LogP contribution in [0.25, 0.3) is 11.0 Å². The first-order valence-corrected chi connectivity index (χ1v) is 17.8. The van der Waals surface area contributed by atoms with E-state index in [4.69, 9.17) is 0 Å². The van der Waals surface area contributed by atoms with E-state index >= 15 is 0 Å². The quantitative estimate of drug-likeness (QED) is 0.232. The van der Waals surface area contributed by atoms with Crippen LogP contribution >= 0.6 is 0 Å². The highest BCUT2D eigenvalue weighted by Crippen LogP contribution is 2.29. The standard InChI is InChI=1S/C34H40N8O5S/c1-40-30-11-9-25(20-29(30)37-39-40)22-36-33(44)31-21-26(19-24-13-15-35-16-14-24)23-42(31)34(45)28(10-12-32(43)41-17-5-6-18-41)38-48(46,47)27-7-3-2-4-8-27/h2-4,7-9,11,13-16,20,26,28,31,38H,5-6,10,12,17-19,21-23H2,1H3,(H,36,44)/t26-,28-,31+/m1/s1. The number of nitrogens with zero attached hydrogens (tertiary/aromatic N) is 6. The van der Waals surface area contributed by atoms with Crippen molar-refractivity contribution in [2.45, 2.75) is 62.0 Å². The average Bonchev–Trinajstić information content (AvgIpc) is 3.87. The Hall–Kier alpha value is -4.69. The molecule has 0 radical (unpaired) electrons. The topological polar surface area (TPSA) is 159 Å². The maximum atomic E-state index is 14.4. The number of fused-ring (bicyclic) bond motifs is 1. The summed E-state index contributed by atoms with van der Waals surface area (Å²) >= 11 is 0. The van der Waals surface area contributed by atoms with E-state index in [2.05, 4.69) is 25.3 Å².